The van der Waals surface area contributed by atoms with Crippen LogP contribution in [0.15, 0.2) is 0 Å². The summed E-state index contributed by atoms with van der Waals surface area (Å²) in [6.45, 7) is 4.49. The van der Waals surface area contributed by atoms with Gasteiger partial charge in [-0.1, -0.05) is 26.7 Å². The molecule has 68 valence electrons. The van der Waals surface area contributed by atoms with Crippen LogP contribution in [0.3, 0.4) is 0 Å². The lowest BCUT2D eigenvalue weighted by Gasteiger charge is -2.15. The third kappa shape index (κ3) is 5.81. The van der Waals surface area contributed by atoms with E-state index in [0.29, 0.717) is 17.7 Å². The molecule has 0 spiro atoms. The van der Waals surface area contributed by atoms with E-state index in [1.165, 1.54) is 19.3 Å². The van der Waals surface area contributed by atoms with E-state index >= 15 is 0 Å². The Morgan fingerprint density at radius 3 is 2.09 bits per heavy atom. The molecule has 0 aliphatic carbocycles. The molecular weight excluding hydrogens is 179 g/mol. The molecule has 0 nitrogen and oxygen atoms in total. The molecule has 0 fully saturated rings. The number of hydrogen-bond donors (Lipinski definition) is 0. The molecule has 0 aromatic rings. The molecule has 1 atom stereocenters. The van der Waals surface area contributed by atoms with Crippen LogP contribution in [0.5, 0.6) is 0 Å². The molecule has 1 unspecified atom stereocenters. The molecular formula is C9H18Cl2. The first kappa shape index (κ1) is 11.6. The Labute approximate surface area is 80.3 Å². The predicted molar refractivity (Wildman–Crippen MR) is 53.6 cm³/mol. The number of rotatable bonds is 6. The molecule has 0 N–H and O–H groups in total. The van der Waals surface area contributed by atoms with E-state index in [0.717, 1.165) is 5.92 Å². The summed E-state index contributed by atoms with van der Waals surface area (Å²) in [5.74, 6) is 2.71. The summed E-state index contributed by atoms with van der Waals surface area (Å²) in [6, 6.07) is 0. The second kappa shape index (κ2) is 7.24. The van der Waals surface area contributed by atoms with Crippen LogP contribution in [0.2, 0.25) is 0 Å². The van der Waals surface area contributed by atoms with E-state index in [4.69, 9.17) is 23.2 Å². The van der Waals surface area contributed by atoms with Gasteiger partial charge in [-0.3, -0.25) is 0 Å². The SMILES string of the molecule is CCCC(C)CC(CCl)CCl. The molecule has 0 aliphatic heterocycles. The molecule has 0 aromatic heterocycles. The van der Waals surface area contributed by atoms with Crippen LogP contribution in [-0.2, 0) is 0 Å². The largest absolute Gasteiger partial charge is 0.126 e. The molecule has 2 heteroatoms. The van der Waals surface area contributed by atoms with Gasteiger partial charge in [0.1, 0.15) is 0 Å². The topological polar surface area (TPSA) is 0 Å². The van der Waals surface area contributed by atoms with Crippen LogP contribution in [0.25, 0.3) is 0 Å². The number of alkyl halides is 2. The molecule has 0 aromatic carbocycles. The van der Waals surface area contributed by atoms with E-state index < -0.39 is 0 Å². The first-order chi connectivity index (χ1) is 5.24. The zero-order valence-corrected chi connectivity index (χ0v) is 8.96. The first-order valence-electron chi connectivity index (χ1n) is 4.36. The van der Waals surface area contributed by atoms with Gasteiger partial charge in [0.2, 0.25) is 0 Å². The van der Waals surface area contributed by atoms with Crippen LogP contribution in [-0.4, -0.2) is 11.8 Å². The van der Waals surface area contributed by atoms with Crippen molar-refractivity contribution in [3.05, 3.63) is 0 Å². The molecule has 0 heterocycles. The summed E-state index contributed by atoms with van der Waals surface area (Å²) in [6.07, 6.45) is 3.74. The van der Waals surface area contributed by atoms with Crippen LogP contribution < -0.4 is 0 Å². The zero-order chi connectivity index (χ0) is 8.69. The summed E-state index contributed by atoms with van der Waals surface area (Å²) in [5, 5.41) is 0. The Hall–Kier alpha value is 0.580. The van der Waals surface area contributed by atoms with Gasteiger partial charge >= 0.3 is 0 Å². The quantitative estimate of drug-likeness (QED) is 0.566. The fourth-order valence-corrected chi connectivity index (χ4v) is 1.93. The van der Waals surface area contributed by atoms with Gasteiger partial charge in [-0.2, -0.15) is 0 Å². The summed E-state index contributed by atoms with van der Waals surface area (Å²) in [7, 11) is 0. The first-order valence-corrected chi connectivity index (χ1v) is 5.43. The van der Waals surface area contributed by atoms with Crippen molar-refractivity contribution in [2.24, 2.45) is 11.8 Å². The minimum absolute atomic E-state index is 0.514. The van der Waals surface area contributed by atoms with Crippen LogP contribution in [0.4, 0.5) is 0 Å². The normalized spacial score (nSPS) is 13.9. The van der Waals surface area contributed by atoms with E-state index in [1.807, 2.05) is 0 Å². The average Bonchev–Trinajstić information content (AvgIpc) is 2.01. The third-order valence-corrected chi connectivity index (χ3v) is 2.83. The molecule has 0 saturated carbocycles. The summed E-state index contributed by atoms with van der Waals surface area (Å²) < 4.78 is 0. The van der Waals surface area contributed by atoms with Crippen LogP contribution >= 0.6 is 23.2 Å². The second-order valence-corrected chi connectivity index (χ2v) is 3.92. The van der Waals surface area contributed by atoms with Crippen LogP contribution in [0.1, 0.15) is 33.1 Å². The van der Waals surface area contributed by atoms with Gasteiger partial charge in [-0.05, 0) is 18.3 Å². The maximum absolute atomic E-state index is 5.73. The van der Waals surface area contributed by atoms with E-state index in [2.05, 4.69) is 13.8 Å². The van der Waals surface area contributed by atoms with E-state index in [1.54, 1.807) is 0 Å². The lowest BCUT2D eigenvalue weighted by atomic mass is 9.95. The average molecular weight is 197 g/mol. The molecule has 0 amide bonds. The Morgan fingerprint density at radius 2 is 1.73 bits per heavy atom. The Balaban J connectivity index is 3.44. The molecule has 11 heavy (non-hydrogen) atoms. The van der Waals surface area contributed by atoms with Gasteiger partial charge in [-0.15, -0.1) is 23.2 Å². The van der Waals surface area contributed by atoms with Gasteiger partial charge in [0.25, 0.3) is 0 Å². The third-order valence-electron chi connectivity index (χ3n) is 1.95. The van der Waals surface area contributed by atoms with Crippen molar-refractivity contribution < 1.29 is 0 Å². The lowest BCUT2D eigenvalue weighted by Crippen LogP contribution is -2.09. The van der Waals surface area contributed by atoms with Gasteiger partial charge in [0.15, 0.2) is 0 Å². The monoisotopic (exact) mass is 196 g/mol. The molecule has 0 radical (unpaired) electrons. The highest BCUT2D eigenvalue weighted by atomic mass is 35.5. The van der Waals surface area contributed by atoms with Crippen molar-refractivity contribution in [3.63, 3.8) is 0 Å². The fraction of sp³-hybridized carbons (Fsp3) is 1.00. The van der Waals surface area contributed by atoms with Crippen molar-refractivity contribution >= 4 is 23.2 Å². The van der Waals surface area contributed by atoms with Crippen LogP contribution in [0, 0.1) is 11.8 Å². The highest BCUT2D eigenvalue weighted by Gasteiger charge is 2.10. The maximum Gasteiger partial charge on any atom is 0.0263 e. The van der Waals surface area contributed by atoms with Gasteiger partial charge in [-0.25, -0.2) is 0 Å². The molecule has 0 aliphatic rings. The minimum Gasteiger partial charge on any atom is -0.126 e. The van der Waals surface area contributed by atoms with Crippen molar-refractivity contribution in [1.29, 1.82) is 0 Å². The van der Waals surface area contributed by atoms with Gasteiger partial charge in [0.05, 0.1) is 0 Å². The smallest absolute Gasteiger partial charge is 0.0263 e. The van der Waals surface area contributed by atoms with Crippen molar-refractivity contribution in [2.45, 2.75) is 33.1 Å². The maximum atomic E-state index is 5.73. The zero-order valence-electron chi connectivity index (χ0n) is 7.45. The summed E-state index contributed by atoms with van der Waals surface area (Å²) in [4.78, 5) is 0. The number of halogens is 2. The Bertz CT molecular complexity index is 79.6. The molecule has 0 saturated heterocycles. The summed E-state index contributed by atoms with van der Waals surface area (Å²) >= 11 is 11.5. The van der Waals surface area contributed by atoms with Gasteiger partial charge in [0, 0.05) is 11.8 Å². The van der Waals surface area contributed by atoms with Gasteiger partial charge < -0.3 is 0 Å². The van der Waals surface area contributed by atoms with Crippen molar-refractivity contribution in [3.8, 4) is 0 Å². The second-order valence-electron chi connectivity index (χ2n) is 3.30. The van der Waals surface area contributed by atoms with E-state index in [-0.39, 0.29) is 0 Å². The highest BCUT2D eigenvalue weighted by molar-refractivity contribution is 6.20. The molecule has 0 rings (SSSR count). The minimum atomic E-state index is 0.514. The number of hydrogen-bond acceptors (Lipinski definition) is 0. The Kier molecular flexibility index (Phi) is 7.62. The Morgan fingerprint density at radius 1 is 1.18 bits per heavy atom. The standard InChI is InChI=1S/C9H18Cl2/c1-3-4-8(2)5-9(6-10)7-11/h8-9H,3-7H2,1-2H3. The van der Waals surface area contributed by atoms with Crippen molar-refractivity contribution in [1.82, 2.24) is 0 Å². The molecule has 0 bridgehead atoms. The fourth-order valence-electron chi connectivity index (χ4n) is 1.35. The predicted octanol–water partition coefficient (Wildman–Crippen LogP) is 3.91. The van der Waals surface area contributed by atoms with E-state index in [9.17, 15) is 0 Å². The lowest BCUT2D eigenvalue weighted by molar-refractivity contribution is 0.417. The highest BCUT2D eigenvalue weighted by Crippen LogP contribution is 2.18. The van der Waals surface area contributed by atoms with Crippen molar-refractivity contribution in [2.75, 3.05) is 11.8 Å². The summed E-state index contributed by atoms with van der Waals surface area (Å²) in [5.41, 5.74) is 0.